The predicted molar refractivity (Wildman–Crippen MR) is 77.1 cm³/mol. The molecule has 0 radical (unpaired) electrons. The summed E-state index contributed by atoms with van der Waals surface area (Å²) in [5.41, 5.74) is 2.57. The topological polar surface area (TPSA) is 33.1 Å². The molecule has 0 aromatic carbocycles. The van der Waals surface area contributed by atoms with E-state index in [1.807, 2.05) is 25.2 Å². The maximum Gasteiger partial charge on any atom is 0.204 e. The van der Waals surface area contributed by atoms with Crippen LogP contribution in [0.1, 0.15) is 16.1 Å². The van der Waals surface area contributed by atoms with Crippen LogP contribution in [0.15, 0.2) is 17.6 Å². The van der Waals surface area contributed by atoms with Crippen LogP contribution < -0.4 is 10.2 Å². The number of aryl methyl sites for hydroxylation is 1. The number of aromatic nitrogens is 2. The second-order valence-electron chi connectivity index (χ2n) is 4.63. The Morgan fingerprint density at radius 3 is 2.72 bits per heavy atom. The molecule has 98 valence electrons. The molecule has 0 fully saturated rings. The molecule has 0 aliphatic rings. The minimum Gasteiger partial charge on any atom is -0.348 e. The average Bonchev–Trinajstić information content (AvgIpc) is 2.87. The van der Waals surface area contributed by atoms with Crippen LogP contribution in [-0.2, 0) is 20.1 Å². The molecule has 0 aliphatic carbocycles. The van der Waals surface area contributed by atoms with Gasteiger partial charge >= 0.3 is 0 Å². The Morgan fingerprint density at radius 1 is 1.39 bits per heavy atom. The number of hydrogen-bond acceptors (Lipinski definition) is 4. The lowest BCUT2D eigenvalue weighted by Crippen LogP contribution is -2.18. The number of nitrogens with zero attached hydrogens (tertiary/aromatic N) is 3. The average molecular weight is 264 g/mol. The first-order valence-electron chi connectivity index (χ1n) is 6.01. The number of nitrogens with one attached hydrogen (secondary N) is 1. The van der Waals surface area contributed by atoms with Gasteiger partial charge in [0.05, 0.1) is 11.9 Å². The lowest BCUT2D eigenvalue weighted by molar-refractivity contribution is 0.658. The molecule has 0 amide bonds. The van der Waals surface area contributed by atoms with E-state index in [-0.39, 0.29) is 0 Å². The zero-order valence-electron chi connectivity index (χ0n) is 11.4. The molecule has 2 heterocycles. The van der Waals surface area contributed by atoms with Crippen molar-refractivity contribution in [1.82, 2.24) is 14.9 Å². The van der Waals surface area contributed by atoms with Gasteiger partial charge in [-0.15, -0.1) is 11.3 Å². The van der Waals surface area contributed by atoms with Crippen molar-refractivity contribution in [2.45, 2.75) is 20.0 Å². The Morgan fingerprint density at radius 2 is 2.17 bits per heavy atom. The summed E-state index contributed by atoms with van der Waals surface area (Å²) in [6.45, 7) is 3.92. The van der Waals surface area contributed by atoms with Crippen LogP contribution in [0.5, 0.6) is 0 Å². The molecule has 0 bridgehead atoms. The van der Waals surface area contributed by atoms with Crippen LogP contribution >= 0.6 is 11.3 Å². The molecule has 5 heteroatoms. The highest BCUT2D eigenvalue weighted by molar-refractivity contribution is 7.10. The Bertz CT molecular complexity index is 513. The van der Waals surface area contributed by atoms with Crippen molar-refractivity contribution in [3.63, 3.8) is 0 Å². The molecule has 2 aromatic rings. The monoisotopic (exact) mass is 264 g/mol. The third kappa shape index (κ3) is 2.73. The third-order valence-electron chi connectivity index (χ3n) is 3.02. The molecule has 0 spiro atoms. The largest absolute Gasteiger partial charge is 0.348 e. The Hall–Kier alpha value is -1.33. The first-order chi connectivity index (χ1) is 8.59. The van der Waals surface area contributed by atoms with Gasteiger partial charge in [0.2, 0.25) is 5.95 Å². The summed E-state index contributed by atoms with van der Waals surface area (Å²) in [6, 6.07) is 2.16. The molecule has 0 saturated carbocycles. The van der Waals surface area contributed by atoms with Gasteiger partial charge in [0.1, 0.15) is 0 Å². The summed E-state index contributed by atoms with van der Waals surface area (Å²) in [5, 5.41) is 5.61. The summed E-state index contributed by atoms with van der Waals surface area (Å²) in [7, 11) is 6.07. The van der Waals surface area contributed by atoms with E-state index in [1.165, 1.54) is 16.1 Å². The van der Waals surface area contributed by atoms with Crippen molar-refractivity contribution in [3.05, 3.63) is 33.8 Å². The zero-order valence-corrected chi connectivity index (χ0v) is 12.2. The summed E-state index contributed by atoms with van der Waals surface area (Å²) < 4.78 is 2.12. The van der Waals surface area contributed by atoms with Gasteiger partial charge in [-0.2, -0.15) is 0 Å². The van der Waals surface area contributed by atoms with Gasteiger partial charge in [-0.3, -0.25) is 0 Å². The first-order valence-corrected chi connectivity index (χ1v) is 6.89. The van der Waals surface area contributed by atoms with E-state index in [0.717, 1.165) is 19.0 Å². The lowest BCUT2D eigenvalue weighted by Gasteiger charge is -2.12. The lowest BCUT2D eigenvalue weighted by atomic mass is 10.3. The van der Waals surface area contributed by atoms with E-state index in [2.05, 4.69) is 40.3 Å². The van der Waals surface area contributed by atoms with Gasteiger partial charge in [-0.25, -0.2) is 4.98 Å². The maximum atomic E-state index is 4.40. The fraction of sp³-hybridized carbons (Fsp3) is 0.462. The van der Waals surface area contributed by atoms with Gasteiger partial charge in [0.15, 0.2) is 0 Å². The highest BCUT2D eigenvalue weighted by Gasteiger charge is 2.07. The summed E-state index contributed by atoms with van der Waals surface area (Å²) in [6.07, 6.45) is 1.93. The SMILES string of the molecule is Cc1ccsc1CNCc1cnc(N(C)C)n1C. The Balaban J connectivity index is 1.93. The fourth-order valence-corrected chi connectivity index (χ4v) is 2.78. The second kappa shape index (κ2) is 5.54. The molecule has 0 aliphatic heterocycles. The molecule has 2 rings (SSSR count). The number of rotatable bonds is 5. The van der Waals surface area contributed by atoms with Crippen LogP contribution in [-0.4, -0.2) is 23.6 Å². The standard InChI is InChI=1S/C13H20N4S/c1-10-5-6-18-12(10)9-14-7-11-8-15-13(16(2)3)17(11)4/h5-6,8,14H,7,9H2,1-4H3. The van der Waals surface area contributed by atoms with Gasteiger partial charge in [-0.05, 0) is 23.9 Å². The molecule has 18 heavy (non-hydrogen) atoms. The van der Waals surface area contributed by atoms with Gasteiger partial charge < -0.3 is 14.8 Å². The van der Waals surface area contributed by atoms with Crippen molar-refractivity contribution in [3.8, 4) is 0 Å². The van der Waals surface area contributed by atoms with E-state index in [4.69, 9.17) is 0 Å². The number of imidazole rings is 1. The van der Waals surface area contributed by atoms with Crippen molar-refractivity contribution in [2.24, 2.45) is 7.05 Å². The number of hydrogen-bond donors (Lipinski definition) is 1. The minimum atomic E-state index is 0.842. The molecular weight excluding hydrogens is 244 g/mol. The second-order valence-corrected chi connectivity index (χ2v) is 5.63. The Labute approximate surface area is 112 Å². The summed E-state index contributed by atoms with van der Waals surface area (Å²) in [4.78, 5) is 7.83. The van der Waals surface area contributed by atoms with Crippen LogP contribution in [0.4, 0.5) is 5.95 Å². The van der Waals surface area contributed by atoms with Crippen molar-refractivity contribution < 1.29 is 0 Å². The summed E-state index contributed by atoms with van der Waals surface area (Å²) in [5.74, 6) is 0.985. The molecule has 4 nitrogen and oxygen atoms in total. The highest BCUT2D eigenvalue weighted by atomic mass is 32.1. The molecule has 0 saturated heterocycles. The Kier molecular flexibility index (Phi) is 4.04. The maximum absolute atomic E-state index is 4.40. The van der Waals surface area contributed by atoms with E-state index in [0.29, 0.717) is 0 Å². The van der Waals surface area contributed by atoms with Crippen molar-refractivity contribution in [1.29, 1.82) is 0 Å². The van der Waals surface area contributed by atoms with Gasteiger partial charge in [0, 0.05) is 39.1 Å². The van der Waals surface area contributed by atoms with Crippen LogP contribution in [0, 0.1) is 6.92 Å². The van der Waals surface area contributed by atoms with Gasteiger partial charge in [0.25, 0.3) is 0 Å². The minimum absolute atomic E-state index is 0.842. The molecular formula is C13H20N4S. The smallest absolute Gasteiger partial charge is 0.204 e. The highest BCUT2D eigenvalue weighted by Crippen LogP contribution is 2.15. The molecule has 0 atom stereocenters. The quantitative estimate of drug-likeness (QED) is 0.898. The van der Waals surface area contributed by atoms with E-state index in [9.17, 15) is 0 Å². The molecule has 1 N–H and O–H groups in total. The van der Waals surface area contributed by atoms with Crippen molar-refractivity contribution >= 4 is 17.3 Å². The van der Waals surface area contributed by atoms with Crippen molar-refractivity contribution in [2.75, 3.05) is 19.0 Å². The zero-order chi connectivity index (χ0) is 13.1. The predicted octanol–water partition coefficient (Wildman–Crippen LogP) is 2.15. The molecule has 0 unspecified atom stereocenters. The van der Waals surface area contributed by atoms with E-state index in [1.54, 1.807) is 11.3 Å². The number of thiophene rings is 1. The van der Waals surface area contributed by atoms with Crippen LogP contribution in [0.2, 0.25) is 0 Å². The van der Waals surface area contributed by atoms with Crippen LogP contribution in [0.3, 0.4) is 0 Å². The first kappa shape index (κ1) is 13.1. The summed E-state index contributed by atoms with van der Waals surface area (Å²) >= 11 is 1.81. The van der Waals surface area contributed by atoms with E-state index < -0.39 is 0 Å². The third-order valence-corrected chi connectivity index (χ3v) is 4.04. The number of anilines is 1. The van der Waals surface area contributed by atoms with Crippen LogP contribution in [0.25, 0.3) is 0 Å². The normalized spacial score (nSPS) is 10.9. The fourth-order valence-electron chi connectivity index (χ4n) is 1.90. The molecule has 2 aromatic heterocycles. The van der Waals surface area contributed by atoms with E-state index >= 15 is 0 Å². The van der Waals surface area contributed by atoms with Gasteiger partial charge in [-0.1, -0.05) is 0 Å².